The monoisotopic (exact) mass is 515 g/mol. The second-order valence-corrected chi connectivity index (χ2v) is 9.52. The molecule has 6 nitrogen and oxygen atoms in total. The van der Waals surface area contributed by atoms with Gasteiger partial charge in [0, 0.05) is 38.9 Å². The number of likely N-dealkylation sites (N-methyl/N-ethyl adjacent to an activating group) is 1. The van der Waals surface area contributed by atoms with E-state index in [1.54, 1.807) is 11.9 Å². The number of fused-ring (bicyclic) bond motifs is 1. The molecule has 1 amide bonds. The quantitative estimate of drug-likeness (QED) is 0.628. The minimum atomic E-state index is -0.248. The molecule has 2 aromatic carbocycles. The number of hydrogen-bond donors (Lipinski definition) is 1. The molecule has 3 aliphatic heterocycles. The molecular weight excluding hydrogens is 490 g/mol. The van der Waals surface area contributed by atoms with Gasteiger partial charge in [-0.1, -0.05) is 60.7 Å². The Kier molecular flexibility index (Phi) is 6.27. The van der Waals surface area contributed by atoms with Crippen molar-refractivity contribution in [3.05, 3.63) is 106 Å². The van der Waals surface area contributed by atoms with Gasteiger partial charge in [-0.25, -0.2) is 0 Å². The first-order valence-corrected chi connectivity index (χ1v) is 12.2. The largest absolute Gasteiger partial charge is 0.369 e. The van der Waals surface area contributed by atoms with E-state index in [0.717, 1.165) is 42.2 Å². The predicted octanol–water partition coefficient (Wildman–Crippen LogP) is 3.74. The van der Waals surface area contributed by atoms with Crippen LogP contribution in [0.15, 0.2) is 94.4 Å². The summed E-state index contributed by atoms with van der Waals surface area (Å²) < 4.78 is 0.839. The van der Waals surface area contributed by atoms with E-state index in [-0.39, 0.29) is 23.6 Å². The molecule has 1 N–H and O–H groups in total. The molecule has 172 valence electrons. The number of piperazine rings is 1. The third kappa shape index (κ3) is 4.04. The van der Waals surface area contributed by atoms with Crippen LogP contribution in [0.3, 0.4) is 0 Å². The number of carbonyl (C=O) groups excluding carboxylic acids is 1. The summed E-state index contributed by atoms with van der Waals surface area (Å²) in [6.45, 7) is 3.12. The lowest BCUT2D eigenvalue weighted by Gasteiger charge is -2.46. The highest BCUT2D eigenvalue weighted by atomic mass is 79.9. The third-order valence-corrected chi connectivity index (χ3v) is 7.27. The average Bonchev–Trinajstić information content (AvgIpc) is 2.88. The Morgan fingerprint density at radius 1 is 0.971 bits per heavy atom. The highest BCUT2D eigenvalue weighted by Gasteiger charge is 2.41. The fraction of sp³-hybridized carbons (Fsp3) is 0.259. The first-order valence-electron chi connectivity index (χ1n) is 11.4. The van der Waals surface area contributed by atoms with Crippen LogP contribution in [0, 0.1) is 11.3 Å². The predicted molar refractivity (Wildman–Crippen MR) is 135 cm³/mol. The summed E-state index contributed by atoms with van der Waals surface area (Å²) in [7, 11) is 1.73. The maximum absolute atomic E-state index is 13.0. The summed E-state index contributed by atoms with van der Waals surface area (Å²) in [6, 6.07) is 23.3. The molecule has 1 fully saturated rings. The molecule has 5 rings (SSSR count). The summed E-state index contributed by atoms with van der Waals surface area (Å²) in [5, 5.41) is 13.3. The van der Waals surface area contributed by atoms with E-state index in [9.17, 15) is 10.1 Å². The van der Waals surface area contributed by atoms with Crippen LogP contribution in [0.4, 0.5) is 0 Å². The second-order valence-electron chi connectivity index (χ2n) is 8.67. The zero-order valence-corrected chi connectivity index (χ0v) is 20.6. The van der Waals surface area contributed by atoms with Crippen LogP contribution in [0.5, 0.6) is 0 Å². The van der Waals surface area contributed by atoms with E-state index >= 15 is 0 Å². The van der Waals surface area contributed by atoms with Crippen LogP contribution >= 0.6 is 15.9 Å². The topological polar surface area (TPSA) is 62.6 Å². The van der Waals surface area contributed by atoms with Gasteiger partial charge in [0.2, 0.25) is 0 Å². The summed E-state index contributed by atoms with van der Waals surface area (Å²) in [5.41, 5.74) is 4.38. The van der Waals surface area contributed by atoms with Gasteiger partial charge < -0.3 is 15.1 Å². The molecule has 34 heavy (non-hydrogen) atoms. The van der Waals surface area contributed by atoms with Crippen LogP contribution < -0.4 is 5.32 Å². The zero-order chi connectivity index (χ0) is 23.7. The molecular formula is C27H26BrN5O. The summed E-state index contributed by atoms with van der Waals surface area (Å²) in [4.78, 5) is 19.3. The SMILES string of the molecule is CN1C(=O)C(C#N)=C(N2CCN(C(c3ccccc3)c3ccccc3)CC2)C2NC(Br)=CC=C21. The minimum Gasteiger partial charge on any atom is -0.369 e. The number of benzene rings is 2. The van der Waals surface area contributed by atoms with Crippen molar-refractivity contribution in [2.75, 3.05) is 33.2 Å². The molecule has 1 saturated heterocycles. The van der Waals surface area contributed by atoms with Crippen LogP contribution in [-0.2, 0) is 4.79 Å². The van der Waals surface area contributed by atoms with Gasteiger partial charge in [-0.3, -0.25) is 9.69 Å². The van der Waals surface area contributed by atoms with Gasteiger partial charge in [-0.15, -0.1) is 0 Å². The highest BCUT2D eigenvalue weighted by molar-refractivity contribution is 9.11. The van der Waals surface area contributed by atoms with Crippen LogP contribution in [0.25, 0.3) is 0 Å². The van der Waals surface area contributed by atoms with Gasteiger partial charge in [-0.2, -0.15) is 5.26 Å². The van der Waals surface area contributed by atoms with Crippen molar-refractivity contribution in [2.24, 2.45) is 0 Å². The first-order chi connectivity index (χ1) is 16.6. The van der Waals surface area contributed by atoms with Crippen LogP contribution in [0.1, 0.15) is 17.2 Å². The molecule has 0 spiro atoms. The van der Waals surface area contributed by atoms with Crippen molar-refractivity contribution < 1.29 is 4.79 Å². The Morgan fingerprint density at radius 3 is 2.12 bits per heavy atom. The fourth-order valence-corrected chi connectivity index (χ4v) is 5.48. The number of halogens is 1. The number of hydrogen-bond acceptors (Lipinski definition) is 5. The first kappa shape index (κ1) is 22.5. The van der Waals surface area contributed by atoms with E-state index < -0.39 is 0 Å². The van der Waals surface area contributed by atoms with Crippen molar-refractivity contribution in [3.8, 4) is 6.07 Å². The molecule has 3 aliphatic rings. The van der Waals surface area contributed by atoms with E-state index in [0.29, 0.717) is 0 Å². The lowest BCUT2D eigenvalue weighted by molar-refractivity contribution is -0.124. The number of nitrogens with zero attached hydrogens (tertiary/aromatic N) is 4. The van der Waals surface area contributed by atoms with Crippen molar-refractivity contribution in [3.63, 3.8) is 0 Å². The fourth-order valence-electron chi connectivity index (χ4n) is 5.12. The van der Waals surface area contributed by atoms with E-state index in [4.69, 9.17) is 0 Å². The van der Waals surface area contributed by atoms with Gasteiger partial charge in [0.25, 0.3) is 5.91 Å². The summed E-state index contributed by atoms with van der Waals surface area (Å²) >= 11 is 3.53. The number of dihydropyridines is 1. The number of nitrogens with one attached hydrogen (secondary N) is 1. The maximum atomic E-state index is 13.0. The maximum Gasteiger partial charge on any atom is 0.270 e. The number of rotatable bonds is 4. The Labute approximate surface area is 208 Å². The summed E-state index contributed by atoms with van der Waals surface area (Å²) in [6.07, 6.45) is 3.83. The Hall–Kier alpha value is -3.34. The van der Waals surface area contributed by atoms with Gasteiger partial charge in [0.1, 0.15) is 17.7 Å². The van der Waals surface area contributed by atoms with Crippen molar-refractivity contribution in [2.45, 2.75) is 12.1 Å². The van der Waals surface area contributed by atoms with E-state index in [1.165, 1.54) is 11.1 Å². The standard InChI is InChI=1S/C27H26BrN5O/c1-31-22-12-13-23(28)30-24(22)26(21(18-29)27(31)34)33-16-14-32(15-17-33)25(19-8-4-2-5-9-19)20-10-6-3-7-11-20/h2-13,24-25,30H,14-17H2,1H3. The van der Waals surface area contributed by atoms with Gasteiger partial charge in [0.05, 0.1) is 16.3 Å². The number of carbonyl (C=O) groups is 1. The lowest BCUT2D eigenvalue weighted by Crippen LogP contribution is -2.55. The average molecular weight is 516 g/mol. The third-order valence-electron chi connectivity index (χ3n) is 6.78. The lowest BCUT2D eigenvalue weighted by atomic mass is 9.94. The Morgan fingerprint density at radius 2 is 1.56 bits per heavy atom. The molecule has 0 aliphatic carbocycles. The molecule has 1 unspecified atom stereocenters. The smallest absolute Gasteiger partial charge is 0.270 e. The normalized spacial score (nSPS) is 21.0. The molecule has 0 bridgehead atoms. The minimum absolute atomic E-state index is 0.161. The van der Waals surface area contributed by atoms with Crippen LogP contribution in [0.2, 0.25) is 0 Å². The van der Waals surface area contributed by atoms with Crippen molar-refractivity contribution in [1.82, 2.24) is 20.0 Å². The molecule has 0 aromatic heterocycles. The Bertz CT molecular complexity index is 1170. The van der Waals surface area contributed by atoms with Crippen molar-refractivity contribution >= 4 is 21.8 Å². The van der Waals surface area contributed by atoms with Gasteiger partial charge >= 0.3 is 0 Å². The second kappa shape index (κ2) is 9.49. The molecule has 3 heterocycles. The van der Waals surface area contributed by atoms with E-state index in [2.05, 4.69) is 85.6 Å². The number of nitriles is 1. The molecule has 1 atom stereocenters. The zero-order valence-electron chi connectivity index (χ0n) is 19.0. The van der Waals surface area contributed by atoms with Gasteiger partial charge in [0.15, 0.2) is 0 Å². The molecule has 0 saturated carbocycles. The Balaban J connectivity index is 1.43. The molecule has 2 aromatic rings. The van der Waals surface area contributed by atoms with Crippen molar-refractivity contribution in [1.29, 1.82) is 5.26 Å². The number of amides is 1. The van der Waals surface area contributed by atoms with Crippen LogP contribution in [-0.4, -0.2) is 59.9 Å². The number of allylic oxidation sites excluding steroid dienone is 2. The van der Waals surface area contributed by atoms with Gasteiger partial charge in [-0.05, 0) is 39.2 Å². The molecule has 0 radical (unpaired) electrons. The molecule has 7 heteroatoms. The van der Waals surface area contributed by atoms with E-state index in [1.807, 2.05) is 24.3 Å². The highest BCUT2D eigenvalue weighted by Crippen LogP contribution is 2.35. The summed E-state index contributed by atoms with van der Waals surface area (Å²) in [5.74, 6) is -0.248.